The number of H-pyrrole nitrogens is 1. The molecular weight excluding hydrogens is 398 g/mol. The van der Waals surface area contributed by atoms with Crippen molar-refractivity contribution in [2.45, 2.75) is 27.3 Å². The molecule has 0 fully saturated rings. The molecule has 8 nitrogen and oxygen atoms in total. The van der Waals surface area contributed by atoms with E-state index in [0.29, 0.717) is 11.3 Å². The molecule has 8 heteroatoms. The highest BCUT2D eigenvalue weighted by molar-refractivity contribution is 6.15. The normalized spacial score (nSPS) is 10.8. The quantitative estimate of drug-likeness (QED) is 0.480. The fraction of sp³-hybridized carbons (Fsp3) is 0.261. The molecule has 31 heavy (non-hydrogen) atoms. The van der Waals surface area contributed by atoms with Crippen LogP contribution in [0.5, 0.6) is 5.75 Å². The molecule has 3 aromatic rings. The summed E-state index contributed by atoms with van der Waals surface area (Å²) >= 11 is 0. The van der Waals surface area contributed by atoms with E-state index in [0.717, 1.165) is 18.8 Å². The first-order valence-electron chi connectivity index (χ1n) is 10.0. The largest absolute Gasteiger partial charge is 0.507 e. The van der Waals surface area contributed by atoms with Gasteiger partial charge in [-0.1, -0.05) is 6.07 Å². The number of aromatic carboxylic acids is 1. The third-order valence-electron chi connectivity index (χ3n) is 5.17. The van der Waals surface area contributed by atoms with Crippen molar-refractivity contribution in [3.63, 3.8) is 0 Å². The Balaban J connectivity index is 2.01. The molecule has 0 amide bonds. The van der Waals surface area contributed by atoms with Crippen LogP contribution in [-0.2, 0) is 6.54 Å². The SMILES string of the molecule is CCN(CC)c1ccc(C(=O)c2cc(Cn3[nH]c(C)cc3=O)ccc2C(=O)O)c(O)c1. The number of carboxylic acids is 1. The Morgan fingerprint density at radius 1 is 1.00 bits per heavy atom. The number of anilines is 1. The van der Waals surface area contributed by atoms with E-state index in [1.165, 1.54) is 35.0 Å². The van der Waals surface area contributed by atoms with Crippen LogP contribution in [0.4, 0.5) is 5.69 Å². The van der Waals surface area contributed by atoms with E-state index in [2.05, 4.69) is 5.10 Å². The minimum Gasteiger partial charge on any atom is -0.507 e. The molecule has 0 saturated heterocycles. The van der Waals surface area contributed by atoms with Gasteiger partial charge in [0.2, 0.25) is 0 Å². The van der Waals surface area contributed by atoms with Crippen LogP contribution in [0.3, 0.4) is 0 Å². The lowest BCUT2D eigenvalue weighted by atomic mass is 9.95. The lowest BCUT2D eigenvalue weighted by Crippen LogP contribution is -2.21. The number of carbonyl (C=O) groups excluding carboxylic acids is 1. The number of aromatic nitrogens is 2. The van der Waals surface area contributed by atoms with Gasteiger partial charge in [-0.3, -0.25) is 14.7 Å². The number of aromatic hydroxyl groups is 1. The minimum atomic E-state index is -1.25. The lowest BCUT2D eigenvalue weighted by Gasteiger charge is -2.21. The maximum absolute atomic E-state index is 13.2. The molecule has 1 aromatic heterocycles. The zero-order chi connectivity index (χ0) is 22.7. The predicted octanol–water partition coefficient (Wildman–Crippen LogP) is 3.01. The van der Waals surface area contributed by atoms with E-state index in [1.807, 2.05) is 18.7 Å². The molecule has 0 aliphatic carbocycles. The first kappa shape index (κ1) is 21.9. The van der Waals surface area contributed by atoms with Crippen molar-refractivity contribution in [3.05, 3.63) is 80.8 Å². The Morgan fingerprint density at radius 3 is 2.23 bits per heavy atom. The number of phenolic OH excluding ortho intramolecular Hbond substituents is 1. The third kappa shape index (κ3) is 4.53. The summed E-state index contributed by atoms with van der Waals surface area (Å²) in [7, 11) is 0. The smallest absolute Gasteiger partial charge is 0.336 e. The molecule has 2 aromatic carbocycles. The van der Waals surface area contributed by atoms with Gasteiger partial charge in [-0.2, -0.15) is 0 Å². The number of ketones is 1. The molecule has 0 radical (unpaired) electrons. The molecule has 0 aliphatic heterocycles. The second-order valence-electron chi connectivity index (χ2n) is 7.25. The van der Waals surface area contributed by atoms with E-state index in [4.69, 9.17) is 0 Å². The first-order chi connectivity index (χ1) is 14.7. The summed E-state index contributed by atoms with van der Waals surface area (Å²) in [6, 6.07) is 10.5. The fourth-order valence-corrected chi connectivity index (χ4v) is 3.57. The summed E-state index contributed by atoms with van der Waals surface area (Å²) in [6.45, 7) is 7.37. The molecule has 162 valence electrons. The highest BCUT2D eigenvalue weighted by Crippen LogP contribution is 2.28. The van der Waals surface area contributed by atoms with Crippen LogP contribution in [0.15, 0.2) is 47.3 Å². The van der Waals surface area contributed by atoms with Gasteiger partial charge in [0.1, 0.15) is 5.75 Å². The van der Waals surface area contributed by atoms with Crippen molar-refractivity contribution in [3.8, 4) is 5.75 Å². The van der Waals surface area contributed by atoms with Gasteiger partial charge < -0.3 is 15.1 Å². The maximum Gasteiger partial charge on any atom is 0.336 e. The van der Waals surface area contributed by atoms with E-state index in [1.54, 1.807) is 19.1 Å². The van der Waals surface area contributed by atoms with Gasteiger partial charge in [0.15, 0.2) is 5.78 Å². The van der Waals surface area contributed by atoms with Crippen LogP contribution >= 0.6 is 0 Å². The number of rotatable bonds is 8. The van der Waals surface area contributed by atoms with Gasteiger partial charge in [-0.15, -0.1) is 0 Å². The van der Waals surface area contributed by atoms with Crippen molar-refractivity contribution in [2.75, 3.05) is 18.0 Å². The van der Waals surface area contributed by atoms with E-state index < -0.39 is 11.8 Å². The van der Waals surface area contributed by atoms with Gasteiger partial charge >= 0.3 is 5.97 Å². The monoisotopic (exact) mass is 423 g/mol. The number of hydrogen-bond acceptors (Lipinski definition) is 5. The molecule has 1 heterocycles. The molecule has 0 aliphatic rings. The summed E-state index contributed by atoms with van der Waals surface area (Å²) < 4.78 is 1.37. The van der Waals surface area contributed by atoms with Crippen LogP contribution in [0, 0.1) is 6.92 Å². The molecule has 3 N–H and O–H groups in total. The number of carbonyl (C=O) groups is 2. The Labute approximate surface area is 179 Å². The number of benzene rings is 2. The number of nitrogens with one attached hydrogen (secondary N) is 1. The summed E-state index contributed by atoms with van der Waals surface area (Å²) in [5.41, 5.74) is 1.62. The van der Waals surface area contributed by atoms with Crippen LogP contribution in [0.2, 0.25) is 0 Å². The molecular formula is C23H25N3O5. The average molecular weight is 423 g/mol. The predicted molar refractivity (Wildman–Crippen MR) is 117 cm³/mol. The number of hydrogen-bond donors (Lipinski definition) is 3. The molecule has 3 rings (SSSR count). The van der Waals surface area contributed by atoms with Crippen LogP contribution in [-0.4, -0.2) is 44.8 Å². The highest BCUT2D eigenvalue weighted by Gasteiger charge is 2.22. The summed E-state index contributed by atoms with van der Waals surface area (Å²) in [5, 5.41) is 23.0. The average Bonchev–Trinajstić information content (AvgIpc) is 3.05. The Morgan fingerprint density at radius 2 is 1.68 bits per heavy atom. The number of phenols is 1. The number of aryl methyl sites for hydroxylation is 1. The van der Waals surface area contributed by atoms with E-state index in [9.17, 15) is 24.6 Å². The summed E-state index contributed by atoms with van der Waals surface area (Å²) in [5.74, 6) is -2.06. The fourth-order valence-electron chi connectivity index (χ4n) is 3.57. The van der Waals surface area contributed by atoms with Crippen molar-refractivity contribution < 1.29 is 19.8 Å². The van der Waals surface area contributed by atoms with Crippen LogP contribution in [0.1, 0.15) is 51.4 Å². The van der Waals surface area contributed by atoms with Crippen LogP contribution in [0.25, 0.3) is 0 Å². The van der Waals surface area contributed by atoms with Crippen molar-refractivity contribution in [1.82, 2.24) is 9.78 Å². The number of carboxylic acid groups (broad SMARTS) is 1. The molecule has 0 bridgehead atoms. The van der Waals surface area contributed by atoms with Crippen molar-refractivity contribution >= 4 is 17.4 Å². The Hall–Kier alpha value is -3.81. The van der Waals surface area contributed by atoms with Gasteiger partial charge in [0, 0.05) is 42.2 Å². The molecule has 0 spiro atoms. The first-order valence-corrected chi connectivity index (χ1v) is 10.0. The van der Waals surface area contributed by atoms with Crippen molar-refractivity contribution in [2.24, 2.45) is 0 Å². The highest BCUT2D eigenvalue weighted by atomic mass is 16.4. The number of aromatic amines is 1. The Bertz CT molecular complexity index is 1190. The van der Waals surface area contributed by atoms with Gasteiger partial charge in [-0.25, -0.2) is 9.48 Å². The van der Waals surface area contributed by atoms with Gasteiger partial charge in [0.25, 0.3) is 5.56 Å². The zero-order valence-corrected chi connectivity index (χ0v) is 17.7. The van der Waals surface area contributed by atoms with Crippen LogP contribution < -0.4 is 10.5 Å². The van der Waals surface area contributed by atoms with Gasteiger partial charge in [0.05, 0.1) is 17.7 Å². The number of nitrogens with zero attached hydrogens (tertiary/aromatic N) is 2. The maximum atomic E-state index is 13.2. The molecule has 0 saturated carbocycles. The summed E-state index contributed by atoms with van der Waals surface area (Å²) in [4.78, 5) is 38.9. The molecule has 0 unspecified atom stereocenters. The second kappa shape index (κ2) is 8.91. The zero-order valence-electron chi connectivity index (χ0n) is 17.7. The third-order valence-corrected chi connectivity index (χ3v) is 5.17. The standard InChI is InChI=1S/C23H25N3O5/c1-4-25(5-2)16-7-9-18(20(27)12-16)22(29)19-11-15(6-8-17(19)23(30)31)13-26-21(28)10-14(3)24-26/h6-12,24,27H,4-5,13H2,1-3H3,(H,30,31). The lowest BCUT2D eigenvalue weighted by molar-refractivity contribution is 0.0692. The summed E-state index contributed by atoms with van der Waals surface area (Å²) in [6.07, 6.45) is 0. The van der Waals surface area contributed by atoms with E-state index in [-0.39, 0.29) is 34.5 Å². The minimum absolute atomic E-state index is 0.0171. The second-order valence-corrected chi connectivity index (χ2v) is 7.25. The van der Waals surface area contributed by atoms with Crippen molar-refractivity contribution in [1.29, 1.82) is 0 Å². The molecule has 0 atom stereocenters. The van der Waals surface area contributed by atoms with Gasteiger partial charge in [-0.05, 0) is 50.6 Å². The topological polar surface area (TPSA) is 116 Å². The van der Waals surface area contributed by atoms with E-state index >= 15 is 0 Å². The Kier molecular flexibility index (Phi) is 6.29.